The van der Waals surface area contributed by atoms with E-state index >= 15 is 0 Å². The van der Waals surface area contributed by atoms with Crippen LogP contribution in [0.5, 0.6) is 5.75 Å². The molecule has 0 aliphatic rings. The van der Waals surface area contributed by atoms with Crippen molar-refractivity contribution in [3.63, 3.8) is 0 Å². The summed E-state index contributed by atoms with van der Waals surface area (Å²) in [5, 5.41) is 11.6. The molecule has 10 heteroatoms. The monoisotopic (exact) mass is 349 g/mol. The van der Waals surface area contributed by atoms with Gasteiger partial charge < -0.3 is 26.6 Å². The third-order valence-electron chi connectivity index (χ3n) is 2.69. The maximum Gasteiger partial charge on any atom is 0.341 e. The molecule has 1 aromatic heterocycles. The van der Waals surface area contributed by atoms with Gasteiger partial charge in [0.15, 0.2) is 12.6 Å². The zero-order valence-corrected chi connectivity index (χ0v) is 13.5. The number of hydrogen-bond donors (Lipinski definition) is 4. The van der Waals surface area contributed by atoms with Crippen LogP contribution in [-0.4, -0.2) is 34.5 Å². The van der Waals surface area contributed by atoms with Gasteiger partial charge in [0.2, 0.25) is 5.13 Å². The predicted molar refractivity (Wildman–Crippen MR) is 89.8 cm³/mol. The molecule has 1 heterocycles. The average molecular weight is 349 g/mol. The average Bonchev–Trinajstić information content (AvgIpc) is 2.86. The smallest absolute Gasteiger partial charge is 0.341 e. The van der Waals surface area contributed by atoms with E-state index in [4.69, 9.17) is 21.3 Å². The van der Waals surface area contributed by atoms with Gasteiger partial charge in [0.25, 0.3) is 5.91 Å². The number of thiazole rings is 1. The molecule has 0 unspecified atom stereocenters. The van der Waals surface area contributed by atoms with E-state index in [9.17, 15) is 9.59 Å². The number of guanidine groups is 1. The van der Waals surface area contributed by atoms with Gasteiger partial charge in [0.05, 0.1) is 5.69 Å². The van der Waals surface area contributed by atoms with Crippen molar-refractivity contribution in [3.05, 3.63) is 34.8 Å². The highest BCUT2D eigenvalue weighted by Crippen LogP contribution is 2.26. The molecular weight excluding hydrogens is 334 g/mol. The number of aliphatic carboxylic acids is 1. The first-order chi connectivity index (χ1) is 11.3. The summed E-state index contributed by atoms with van der Waals surface area (Å²) in [5.74, 6) is -1.15. The lowest BCUT2D eigenvalue weighted by atomic mass is 10.3. The highest BCUT2D eigenvalue weighted by molar-refractivity contribution is 7.17. The van der Waals surface area contributed by atoms with E-state index in [0.717, 1.165) is 11.3 Å². The quantitative estimate of drug-likeness (QED) is 0.449. The number of anilines is 1. The SMILES string of the molecule is Cc1nc(N=C(N)N)sc1C(=O)Nc1ccc(OCC(=O)O)cc1. The molecule has 0 aliphatic heterocycles. The van der Waals surface area contributed by atoms with Crippen LogP contribution in [0.15, 0.2) is 29.3 Å². The molecule has 1 aromatic carbocycles. The van der Waals surface area contributed by atoms with Crippen LogP contribution in [0.4, 0.5) is 10.8 Å². The molecule has 6 N–H and O–H groups in total. The van der Waals surface area contributed by atoms with Crippen LogP contribution in [0.3, 0.4) is 0 Å². The Bertz CT molecular complexity index is 781. The van der Waals surface area contributed by atoms with Gasteiger partial charge in [-0.25, -0.2) is 9.78 Å². The van der Waals surface area contributed by atoms with Gasteiger partial charge in [0, 0.05) is 5.69 Å². The van der Waals surface area contributed by atoms with E-state index in [2.05, 4.69) is 15.3 Å². The molecule has 0 saturated heterocycles. The van der Waals surface area contributed by atoms with E-state index in [0.29, 0.717) is 27.1 Å². The normalized spacial score (nSPS) is 10.0. The van der Waals surface area contributed by atoms with E-state index < -0.39 is 12.6 Å². The number of benzene rings is 1. The zero-order valence-electron chi connectivity index (χ0n) is 12.6. The van der Waals surface area contributed by atoms with Crippen LogP contribution in [-0.2, 0) is 4.79 Å². The molecule has 0 spiro atoms. The van der Waals surface area contributed by atoms with E-state index in [1.807, 2.05) is 0 Å². The largest absolute Gasteiger partial charge is 0.482 e. The van der Waals surface area contributed by atoms with E-state index in [1.54, 1.807) is 31.2 Å². The number of nitrogens with one attached hydrogen (secondary N) is 1. The lowest BCUT2D eigenvalue weighted by molar-refractivity contribution is -0.139. The van der Waals surface area contributed by atoms with Gasteiger partial charge in [-0.15, -0.1) is 0 Å². The van der Waals surface area contributed by atoms with Crippen molar-refractivity contribution >= 4 is 40.0 Å². The molecule has 0 radical (unpaired) electrons. The van der Waals surface area contributed by atoms with Crippen molar-refractivity contribution in [2.75, 3.05) is 11.9 Å². The highest BCUT2D eigenvalue weighted by atomic mass is 32.1. The van der Waals surface area contributed by atoms with Crippen LogP contribution < -0.4 is 21.5 Å². The maximum atomic E-state index is 12.3. The fourth-order valence-corrected chi connectivity index (χ4v) is 2.57. The second-order valence-corrected chi connectivity index (χ2v) is 5.59. The Labute approximate surface area is 141 Å². The Morgan fingerprint density at radius 3 is 2.58 bits per heavy atom. The molecule has 0 saturated carbocycles. The minimum atomic E-state index is -1.07. The number of carbonyl (C=O) groups excluding carboxylic acids is 1. The number of carboxylic acid groups (broad SMARTS) is 1. The molecule has 1 amide bonds. The van der Waals surface area contributed by atoms with Gasteiger partial charge >= 0.3 is 5.97 Å². The summed E-state index contributed by atoms with van der Waals surface area (Å²) in [7, 11) is 0. The first kappa shape index (κ1) is 17.2. The number of hydrogen-bond acceptors (Lipinski definition) is 6. The van der Waals surface area contributed by atoms with Crippen LogP contribution >= 0.6 is 11.3 Å². The number of rotatable bonds is 6. The first-order valence-electron chi connectivity index (χ1n) is 6.68. The number of aromatic nitrogens is 1. The van der Waals surface area contributed by atoms with Gasteiger partial charge in [-0.1, -0.05) is 11.3 Å². The number of carboxylic acids is 1. The summed E-state index contributed by atoms with van der Waals surface area (Å²) in [4.78, 5) is 31.0. The van der Waals surface area contributed by atoms with Crippen molar-refractivity contribution in [2.45, 2.75) is 6.92 Å². The minimum Gasteiger partial charge on any atom is -0.482 e. The summed E-state index contributed by atoms with van der Waals surface area (Å²) >= 11 is 1.07. The third kappa shape index (κ3) is 4.68. The lowest BCUT2D eigenvalue weighted by Gasteiger charge is -2.06. The summed E-state index contributed by atoms with van der Waals surface area (Å²) in [6.45, 7) is 1.25. The standard InChI is InChI=1S/C14H15N5O4S/c1-7-11(24-14(17-7)19-13(15)16)12(22)18-8-2-4-9(5-3-8)23-6-10(20)21/h2-5H,6H2,1H3,(H,18,22)(H,20,21)(H4,15,16,17,19). The molecule has 2 aromatic rings. The Morgan fingerprint density at radius 2 is 2.00 bits per heavy atom. The van der Waals surface area contributed by atoms with Crippen LogP contribution in [0, 0.1) is 6.92 Å². The summed E-state index contributed by atoms with van der Waals surface area (Å²) < 4.78 is 5.01. The number of aryl methyl sites for hydroxylation is 1. The Hall–Kier alpha value is -3.14. The number of ether oxygens (including phenoxy) is 1. The van der Waals surface area contributed by atoms with Gasteiger partial charge in [-0.2, -0.15) is 4.99 Å². The first-order valence-corrected chi connectivity index (χ1v) is 7.50. The van der Waals surface area contributed by atoms with Crippen LogP contribution in [0.25, 0.3) is 0 Å². The Balaban J connectivity index is 2.05. The molecule has 0 fully saturated rings. The third-order valence-corrected chi connectivity index (χ3v) is 3.74. The molecule has 0 atom stereocenters. The summed E-state index contributed by atoms with van der Waals surface area (Å²) in [6.07, 6.45) is 0. The Kier molecular flexibility index (Phi) is 5.32. The van der Waals surface area contributed by atoms with E-state index in [-0.39, 0.29) is 11.9 Å². The zero-order chi connectivity index (χ0) is 17.7. The number of aliphatic imine (C=N–C) groups is 1. The number of nitrogens with two attached hydrogens (primary N) is 2. The van der Waals surface area contributed by atoms with Crippen molar-refractivity contribution in [1.29, 1.82) is 0 Å². The topological polar surface area (TPSA) is 153 Å². The summed E-state index contributed by atoms with van der Waals surface area (Å²) in [6, 6.07) is 6.32. The second kappa shape index (κ2) is 7.42. The molecule has 9 nitrogen and oxygen atoms in total. The Morgan fingerprint density at radius 1 is 1.33 bits per heavy atom. The predicted octanol–water partition coefficient (Wildman–Crippen LogP) is 1.07. The van der Waals surface area contributed by atoms with Crippen molar-refractivity contribution in [2.24, 2.45) is 16.5 Å². The van der Waals surface area contributed by atoms with E-state index in [1.165, 1.54) is 0 Å². The molecular formula is C14H15N5O4S. The molecule has 0 aliphatic carbocycles. The number of amides is 1. The van der Waals surface area contributed by atoms with Crippen molar-refractivity contribution in [3.8, 4) is 5.75 Å². The molecule has 0 bridgehead atoms. The molecule has 24 heavy (non-hydrogen) atoms. The fraction of sp³-hybridized carbons (Fsp3) is 0.143. The van der Waals surface area contributed by atoms with Gasteiger partial charge in [-0.05, 0) is 31.2 Å². The molecule has 126 valence electrons. The highest BCUT2D eigenvalue weighted by Gasteiger charge is 2.15. The number of carbonyl (C=O) groups is 2. The fourth-order valence-electron chi connectivity index (χ4n) is 1.72. The number of nitrogens with zero attached hydrogens (tertiary/aromatic N) is 2. The van der Waals surface area contributed by atoms with Gasteiger partial charge in [-0.3, -0.25) is 4.79 Å². The second-order valence-electron chi connectivity index (χ2n) is 4.61. The minimum absolute atomic E-state index is 0.132. The van der Waals surface area contributed by atoms with Crippen LogP contribution in [0.2, 0.25) is 0 Å². The maximum absolute atomic E-state index is 12.3. The molecule has 2 rings (SSSR count). The van der Waals surface area contributed by atoms with Crippen molar-refractivity contribution in [1.82, 2.24) is 4.98 Å². The van der Waals surface area contributed by atoms with Gasteiger partial charge in [0.1, 0.15) is 10.6 Å². The van der Waals surface area contributed by atoms with Crippen LogP contribution in [0.1, 0.15) is 15.4 Å². The summed E-state index contributed by atoms with van der Waals surface area (Å²) in [5.41, 5.74) is 11.6. The lowest BCUT2D eigenvalue weighted by Crippen LogP contribution is -2.21. The van der Waals surface area contributed by atoms with Crippen molar-refractivity contribution < 1.29 is 19.4 Å².